The number of carbonyl (C=O) groups is 2. The van der Waals surface area contributed by atoms with Crippen LogP contribution in [0.3, 0.4) is 0 Å². The molecule has 0 saturated heterocycles. The van der Waals surface area contributed by atoms with E-state index in [-0.39, 0.29) is 59.1 Å². The molecule has 0 bridgehead atoms. The molecule has 0 aliphatic carbocycles. The van der Waals surface area contributed by atoms with Gasteiger partial charge in [0, 0.05) is 0 Å². The molecule has 8 heteroatoms. The van der Waals surface area contributed by atoms with Gasteiger partial charge in [0.1, 0.15) is 0 Å². The topological polar surface area (TPSA) is 98.7 Å². The standard InChI is InChI=1S/C2H2O6.2Na/c3-1(4)7-2(5)8-6;;/h6H,(H,3,4);;/q;2*+1/p-2. The molecule has 0 aromatic heterocycles. The van der Waals surface area contributed by atoms with Crippen molar-refractivity contribution < 1.29 is 88.7 Å². The van der Waals surface area contributed by atoms with E-state index < -0.39 is 12.3 Å². The second-order valence-corrected chi connectivity index (χ2v) is 0.685. The Hall–Kier alpha value is 0.700. The molecule has 0 radical (unpaired) electrons. The SMILES string of the molecule is O=C([O-])OC(=O)O[O-].[Na+].[Na+]. The second kappa shape index (κ2) is 9.70. The van der Waals surface area contributed by atoms with Crippen molar-refractivity contribution in [3.05, 3.63) is 0 Å². The summed E-state index contributed by atoms with van der Waals surface area (Å²) in [7, 11) is 0. The van der Waals surface area contributed by atoms with Crippen LogP contribution in [0.1, 0.15) is 0 Å². The minimum atomic E-state index is -2.12. The van der Waals surface area contributed by atoms with Crippen LogP contribution in [0.5, 0.6) is 0 Å². The number of rotatable bonds is 0. The fourth-order valence-corrected chi connectivity index (χ4v) is 0.0851. The van der Waals surface area contributed by atoms with Crippen LogP contribution in [0.15, 0.2) is 0 Å². The maximum atomic E-state index is 9.44. The summed E-state index contributed by atoms with van der Waals surface area (Å²) < 4.78 is 3.03. The normalized spacial score (nSPS) is 6.10. The maximum absolute atomic E-state index is 9.44. The Bertz CT molecular complexity index is 112. The van der Waals surface area contributed by atoms with Crippen molar-refractivity contribution in [1.82, 2.24) is 0 Å². The zero-order valence-corrected chi connectivity index (χ0v) is 9.45. The van der Waals surface area contributed by atoms with Crippen LogP contribution in [-0.2, 0) is 9.62 Å². The van der Waals surface area contributed by atoms with E-state index in [2.05, 4.69) is 9.62 Å². The third-order valence-corrected chi connectivity index (χ3v) is 0.235. The van der Waals surface area contributed by atoms with Crippen molar-refractivity contribution >= 4 is 12.3 Å². The molecule has 0 aliphatic rings. The summed E-state index contributed by atoms with van der Waals surface area (Å²) in [5, 5.41) is 18.1. The van der Waals surface area contributed by atoms with Gasteiger partial charge in [-0.1, -0.05) is 0 Å². The van der Waals surface area contributed by atoms with Gasteiger partial charge in [0.2, 0.25) is 0 Å². The molecule has 10 heavy (non-hydrogen) atoms. The Labute approximate surface area is 100.0 Å². The van der Waals surface area contributed by atoms with Crippen LogP contribution in [0.25, 0.3) is 0 Å². The summed E-state index contributed by atoms with van der Waals surface area (Å²) >= 11 is 0. The minimum absolute atomic E-state index is 0. The predicted molar refractivity (Wildman–Crippen MR) is 13.0 cm³/mol. The van der Waals surface area contributed by atoms with Gasteiger partial charge in [-0.3, -0.25) is 0 Å². The van der Waals surface area contributed by atoms with Gasteiger partial charge in [-0.25, -0.2) is 4.79 Å². The molecule has 0 N–H and O–H groups in total. The van der Waals surface area contributed by atoms with Gasteiger partial charge < -0.3 is 24.8 Å². The summed E-state index contributed by atoms with van der Waals surface area (Å²) in [6.45, 7) is 0. The van der Waals surface area contributed by atoms with Gasteiger partial charge in [-0.05, 0) is 0 Å². The predicted octanol–water partition coefficient (Wildman–Crippen LogP) is -8.23. The number of hydrogen-bond donors (Lipinski definition) is 0. The minimum Gasteiger partial charge on any atom is -0.660 e. The van der Waals surface area contributed by atoms with Gasteiger partial charge in [0.15, 0.2) is 0 Å². The van der Waals surface area contributed by atoms with Crippen LogP contribution < -0.4 is 69.5 Å². The molecule has 0 heterocycles. The third kappa shape index (κ3) is 11.5. The zero-order chi connectivity index (χ0) is 6.57. The molecular weight excluding hydrogens is 166 g/mol. The first kappa shape index (κ1) is 17.0. The molecule has 0 rings (SSSR count). The van der Waals surface area contributed by atoms with Crippen LogP contribution in [0.2, 0.25) is 0 Å². The van der Waals surface area contributed by atoms with E-state index in [0.29, 0.717) is 0 Å². The summed E-state index contributed by atoms with van der Waals surface area (Å²) in [6, 6.07) is 0. The number of carboxylic acid groups (broad SMARTS) is 1. The Morgan fingerprint density at radius 3 is 1.70 bits per heavy atom. The fraction of sp³-hybridized carbons (Fsp3) is 0. The first-order valence-corrected chi connectivity index (χ1v) is 1.39. The van der Waals surface area contributed by atoms with E-state index in [4.69, 9.17) is 5.26 Å². The average Bonchev–Trinajstić information content (AvgIpc) is 1.65. The number of ether oxygens (including phenoxy) is 1. The van der Waals surface area contributed by atoms with Crippen molar-refractivity contribution in [1.29, 1.82) is 0 Å². The molecular formula is C2Na2O6. The fourth-order valence-electron chi connectivity index (χ4n) is 0.0851. The molecule has 0 fully saturated rings. The molecule has 6 nitrogen and oxygen atoms in total. The first-order valence-electron chi connectivity index (χ1n) is 1.39. The van der Waals surface area contributed by atoms with Gasteiger partial charge >= 0.3 is 65.3 Å². The molecule has 0 atom stereocenters. The van der Waals surface area contributed by atoms with E-state index in [1.54, 1.807) is 0 Å². The molecule has 0 saturated carbocycles. The molecule has 0 aliphatic heterocycles. The van der Waals surface area contributed by atoms with Crippen molar-refractivity contribution in [2.75, 3.05) is 0 Å². The van der Waals surface area contributed by atoms with Crippen molar-refractivity contribution in [2.45, 2.75) is 0 Å². The molecule has 46 valence electrons. The smallest absolute Gasteiger partial charge is 0.660 e. The Morgan fingerprint density at radius 1 is 1.20 bits per heavy atom. The Balaban J connectivity index is -0.000000245. The molecule has 0 unspecified atom stereocenters. The summed E-state index contributed by atoms with van der Waals surface area (Å²) in [5.41, 5.74) is 0. The van der Waals surface area contributed by atoms with Crippen molar-refractivity contribution in [3.63, 3.8) is 0 Å². The third-order valence-electron chi connectivity index (χ3n) is 0.235. The monoisotopic (exact) mass is 166 g/mol. The van der Waals surface area contributed by atoms with E-state index >= 15 is 0 Å². The Morgan fingerprint density at radius 2 is 1.60 bits per heavy atom. The van der Waals surface area contributed by atoms with E-state index in [9.17, 15) is 14.7 Å². The van der Waals surface area contributed by atoms with E-state index in [1.807, 2.05) is 0 Å². The quantitative estimate of drug-likeness (QED) is 0.116. The first-order chi connectivity index (χ1) is 3.66. The van der Waals surface area contributed by atoms with Gasteiger partial charge in [-0.15, -0.1) is 0 Å². The molecule has 0 aromatic carbocycles. The van der Waals surface area contributed by atoms with E-state index in [0.717, 1.165) is 0 Å². The van der Waals surface area contributed by atoms with E-state index in [1.165, 1.54) is 0 Å². The van der Waals surface area contributed by atoms with Gasteiger partial charge in [0.25, 0.3) is 6.16 Å². The number of hydrogen-bond acceptors (Lipinski definition) is 6. The van der Waals surface area contributed by atoms with Crippen molar-refractivity contribution in [2.24, 2.45) is 0 Å². The second-order valence-electron chi connectivity index (χ2n) is 0.685. The summed E-state index contributed by atoms with van der Waals surface area (Å²) in [5.74, 6) is 0. The number of carbonyl (C=O) groups excluding carboxylic acids is 2. The average molecular weight is 166 g/mol. The van der Waals surface area contributed by atoms with Crippen LogP contribution >= 0.6 is 0 Å². The largest absolute Gasteiger partial charge is 1.00 e. The zero-order valence-electron chi connectivity index (χ0n) is 5.45. The summed E-state index contributed by atoms with van der Waals surface area (Å²) in [4.78, 5) is 21.2. The van der Waals surface area contributed by atoms with Crippen LogP contribution in [-0.4, -0.2) is 12.3 Å². The molecule has 0 amide bonds. The van der Waals surface area contributed by atoms with Gasteiger partial charge in [0.05, 0.1) is 0 Å². The Kier molecular flexibility index (Phi) is 16.5. The van der Waals surface area contributed by atoms with Crippen molar-refractivity contribution in [3.8, 4) is 0 Å². The summed E-state index contributed by atoms with van der Waals surface area (Å²) in [6.07, 6.45) is -3.96. The molecule has 0 spiro atoms. The maximum Gasteiger partial charge on any atom is 1.00 e. The van der Waals surface area contributed by atoms with Crippen LogP contribution in [0, 0.1) is 0 Å². The van der Waals surface area contributed by atoms with Crippen LogP contribution in [0.4, 0.5) is 9.59 Å². The molecule has 0 aromatic rings. The van der Waals surface area contributed by atoms with Gasteiger partial charge in [-0.2, -0.15) is 0 Å².